The van der Waals surface area contributed by atoms with Gasteiger partial charge in [0.25, 0.3) is 0 Å². The Hall–Kier alpha value is -0.650. The standard InChI is InChI=1S/C16H23ClN2O2S/c17-16-7-1-6-15(18-16)14-5-2-8-19(11-14)10-13-4-3-9-22(20,21)12-13/h1,6-7,13-14H,2-5,8-12H2. The highest BCUT2D eigenvalue weighted by Crippen LogP contribution is 2.28. The fourth-order valence-corrected chi connectivity index (χ4v) is 5.67. The lowest BCUT2D eigenvalue weighted by molar-refractivity contribution is 0.178. The molecule has 6 heteroatoms. The first-order valence-corrected chi connectivity index (χ1v) is 10.3. The van der Waals surface area contributed by atoms with E-state index in [1.165, 1.54) is 0 Å². The van der Waals surface area contributed by atoms with Crippen molar-refractivity contribution in [1.82, 2.24) is 9.88 Å². The first-order chi connectivity index (χ1) is 10.5. The Morgan fingerprint density at radius 1 is 1.27 bits per heavy atom. The first kappa shape index (κ1) is 16.2. The van der Waals surface area contributed by atoms with Crippen molar-refractivity contribution in [2.24, 2.45) is 5.92 Å². The summed E-state index contributed by atoms with van der Waals surface area (Å²) >= 11 is 6.00. The third-order valence-corrected chi connectivity index (χ3v) is 6.83. The molecule has 0 radical (unpaired) electrons. The Morgan fingerprint density at radius 2 is 2.14 bits per heavy atom. The van der Waals surface area contributed by atoms with Gasteiger partial charge >= 0.3 is 0 Å². The van der Waals surface area contributed by atoms with Gasteiger partial charge in [0.15, 0.2) is 9.84 Å². The van der Waals surface area contributed by atoms with Crippen molar-refractivity contribution >= 4 is 21.4 Å². The Balaban J connectivity index is 1.61. The molecule has 0 aliphatic carbocycles. The van der Waals surface area contributed by atoms with E-state index in [2.05, 4.69) is 9.88 Å². The van der Waals surface area contributed by atoms with Crippen LogP contribution >= 0.6 is 11.6 Å². The summed E-state index contributed by atoms with van der Waals surface area (Å²) in [6, 6.07) is 5.81. The van der Waals surface area contributed by atoms with Crippen molar-refractivity contribution in [1.29, 1.82) is 0 Å². The number of likely N-dealkylation sites (tertiary alicyclic amines) is 1. The molecule has 2 fully saturated rings. The van der Waals surface area contributed by atoms with Gasteiger partial charge in [-0.1, -0.05) is 17.7 Å². The van der Waals surface area contributed by atoms with Crippen LogP contribution in [0.3, 0.4) is 0 Å². The highest BCUT2D eigenvalue weighted by Gasteiger charge is 2.29. The summed E-state index contributed by atoms with van der Waals surface area (Å²) in [6.07, 6.45) is 4.13. The maximum Gasteiger partial charge on any atom is 0.150 e. The summed E-state index contributed by atoms with van der Waals surface area (Å²) in [7, 11) is -2.81. The smallest absolute Gasteiger partial charge is 0.150 e. The van der Waals surface area contributed by atoms with Crippen molar-refractivity contribution in [2.45, 2.75) is 31.6 Å². The zero-order chi connectivity index (χ0) is 15.6. The quantitative estimate of drug-likeness (QED) is 0.792. The SMILES string of the molecule is O=S1(=O)CCCC(CN2CCCC(c3cccc(Cl)n3)C2)C1. The minimum absolute atomic E-state index is 0.296. The molecule has 122 valence electrons. The molecule has 2 aliphatic rings. The Morgan fingerprint density at radius 3 is 2.91 bits per heavy atom. The Kier molecular flexibility index (Phi) is 5.05. The molecular formula is C16H23ClN2O2S. The Labute approximate surface area is 137 Å². The average molecular weight is 343 g/mol. The van der Waals surface area contributed by atoms with Gasteiger partial charge in [-0.3, -0.25) is 0 Å². The fraction of sp³-hybridized carbons (Fsp3) is 0.688. The van der Waals surface area contributed by atoms with E-state index in [1.807, 2.05) is 12.1 Å². The summed E-state index contributed by atoms with van der Waals surface area (Å²) in [6.45, 7) is 2.92. The van der Waals surface area contributed by atoms with Crippen molar-refractivity contribution in [3.8, 4) is 0 Å². The molecule has 3 rings (SSSR count). The van der Waals surface area contributed by atoms with E-state index in [4.69, 9.17) is 11.6 Å². The third-order valence-electron chi connectivity index (χ3n) is 4.73. The summed E-state index contributed by atoms with van der Waals surface area (Å²) in [5.41, 5.74) is 1.06. The average Bonchev–Trinajstić information content (AvgIpc) is 2.46. The van der Waals surface area contributed by atoms with Gasteiger partial charge in [0.2, 0.25) is 0 Å². The van der Waals surface area contributed by atoms with E-state index < -0.39 is 9.84 Å². The zero-order valence-electron chi connectivity index (χ0n) is 12.7. The van der Waals surface area contributed by atoms with Crippen LogP contribution in [0.1, 0.15) is 37.3 Å². The van der Waals surface area contributed by atoms with Crippen LogP contribution in [0.4, 0.5) is 0 Å². The highest BCUT2D eigenvalue weighted by molar-refractivity contribution is 7.91. The minimum Gasteiger partial charge on any atom is -0.302 e. The van der Waals surface area contributed by atoms with Gasteiger partial charge in [-0.25, -0.2) is 13.4 Å². The number of rotatable bonds is 3. The van der Waals surface area contributed by atoms with Gasteiger partial charge in [0, 0.05) is 24.7 Å². The zero-order valence-corrected chi connectivity index (χ0v) is 14.3. The monoisotopic (exact) mass is 342 g/mol. The molecule has 2 unspecified atom stereocenters. The molecule has 0 N–H and O–H groups in total. The molecular weight excluding hydrogens is 320 g/mol. The van der Waals surface area contributed by atoms with Gasteiger partial charge in [-0.2, -0.15) is 0 Å². The second-order valence-electron chi connectivity index (χ2n) is 6.61. The lowest BCUT2D eigenvalue weighted by Gasteiger charge is -2.35. The van der Waals surface area contributed by atoms with Gasteiger partial charge in [0.05, 0.1) is 11.5 Å². The molecule has 0 spiro atoms. The summed E-state index contributed by atoms with van der Waals surface area (Å²) in [4.78, 5) is 6.86. The number of hydrogen-bond donors (Lipinski definition) is 0. The molecule has 2 aliphatic heterocycles. The van der Waals surface area contributed by atoms with Crippen LogP contribution in [0.2, 0.25) is 5.15 Å². The van der Waals surface area contributed by atoms with Crippen LogP contribution in [-0.2, 0) is 9.84 Å². The van der Waals surface area contributed by atoms with E-state index in [0.717, 1.165) is 51.0 Å². The lowest BCUT2D eigenvalue weighted by atomic mass is 9.93. The third kappa shape index (κ3) is 4.21. The van der Waals surface area contributed by atoms with Gasteiger partial charge < -0.3 is 4.90 Å². The topological polar surface area (TPSA) is 50.3 Å². The van der Waals surface area contributed by atoms with E-state index in [9.17, 15) is 8.42 Å². The molecule has 0 bridgehead atoms. The van der Waals surface area contributed by atoms with Crippen molar-refractivity contribution in [3.63, 3.8) is 0 Å². The number of piperidine rings is 1. The first-order valence-electron chi connectivity index (χ1n) is 8.07. The summed E-state index contributed by atoms with van der Waals surface area (Å²) in [5.74, 6) is 1.44. The van der Waals surface area contributed by atoms with Crippen LogP contribution in [0.25, 0.3) is 0 Å². The summed E-state index contributed by atoms with van der Waals surface area (Å²) in [5, 5.41) is 0.549. The second kappa shape index (κ2) is 6.85. The van der Waals surface area contributed by atoms with Crippen molar-refractivity contribution < 1.29 is 8.42 Å². The van der Waals surface area contributed by atoms with Crippen molar-refractivity contribution in [3.05, 3.63) is 29.0 Å². The van der Waals surface area contributed by atoms with Crippen LogP contribution in [0.5, 0.6) is 0 Å². The van der Waals surface area contributed by atoms with Gasteiger partial charge in [0.1, 0.15) is 5.15 Å². The van der Waals surface area contributed by atoms with Crippen LogP contribution in [0, 0.1) is 5.92 Å². The Bertz CT molecular complexity index is 620. The van der Waals surface area contributed by atoms with Crippen LogP contribution in [-0.4, -0.2) is 49.4 Å². The molecule has 4 nitrogen and oxygen atoms in total. The molecule has 0 saturated carbocycles. The predicted molar refractivity (Wildman–Crippen MR) is 89.0 cm³/mol. The number of halogens is 1. The molecule has 3 heterocycles. The van der Waals surface area contributed by atoms with Crippen molar-refractivity contribution in [2.75, 3.05) is 31.1 Å². The fourth-order valence-electron chi connectivity index (χ4n) is 3.74. The number of sulfone groups is 1. The number of nitrogens with zero attached hydrogens (tertiary/aromatic N) is 2. The maximum absolute atomic E-state index is 11.8. The molecule has 2 saturated heterocycles. The predicted octanol–water partition coefficient (Wildman–Crippen LogP) is 2.74. The molecule has 1 aromatic heterocycles. The van der Waals surface area contributed by atoms with Crippen LogP contribution < -0.4 is 0 Å². The van der Waals surface area contributed by atoms with E-state index in [1.54, 1.807) is 6.07 Å². The van der Waals surface area contributed by atoms with E-state index >= 15 is 0 Å². The number of aromatic nitrogens is 1. The second-order valence-corrected chi connectivity index (χ2v) is 9.22. The van der Waals surface area contributed by atoms with Gasteiger partial charge in [-0.05, 0) is 50.3 Å². The molecule has 1 aromatic rings. The van der Waals surface area contributed by atoms with Gasteiger partial charge in [-0.15, -0.1) is 0 Å². The van der Waals surface area contributed by atoms with E-state index in [0.29, 0.717) is 28.5 Å². The normalized spacial score (nSPS) is 29.3. The minimum atomic E-state index is -2.81. The number of pyridine rings is 1. The lowest BCUT2D eigenvalue weighted by Crippen LogP contribution is -2.41. The van der Waals surface area contributed by atoms with Crippen LogP contribution in [0.15, 0.2) is 18.2 Å². The molecule has 2 atom stereocenters. The molecule has 22 heavy (non-hydrogen) atoms. The molecule has 0 amide bonds. The van der Waals surface area contributed by atoms with E-state index in [-0.39, 0.29) is 0 Å². The highest BCUT2D eigenvalue weighted by atomic mass is 35.5. The summed E-state index contributed by atoms with van der Waals surface area (Å²) < 4.78 is 23.6. The largest absolute Gasteiger partial charge is 0.302 e. The molecule has 0 aromatic carbocycles. The maximum atomic E-state index is 11.8. The number of hydrogen-bond acceptors (Lipinski definition) is 4.